The second-order valence-electron chi connectivity index (χ2n) is 34.9. The summed E-state index contributed by atoms with van der Waals surface area (Å²) in [6, 6.07) is 45.8. The number of nitrogens with zero attached hydrogens (tertiary/aromatic N) is 3. The molecule has 0 atom stereocenters. The second-order valence-corrected chi connectivity index (χ2v) is 35.9. The lowest BCUT2D eigenvalue weighted by Gasteiger charge is -2.48. The first kappa shape index (κ1) is 54.7. The van der Waals surface area contributed by atoms with E-state index in [0.717, 1.165) is 96.6 Å². The molecule has 3 heterocycles. The molecule has 0 fully saturated rings. The molecule has 91 heavy (non-hydrogen) atoms. The van der Waals surface area contributed by atoms with Crippen molar-refractivity contribution in [2.75, 3.05) is 14.7 Å². The summed E-state index contributed by atoms with van der Waals surface area (Å²) >= 11 is 1.99. The number of anilines is 9. The van der Waals surface area contributed by atoms with Crippen LogP contribution in [0.15, 0.2) is 152 Å². The molecule has 0 spiro atoms. The maximum absolute atomic E-state index is 10.1. The molecule has 5 heteroatoms. The molecule has 0 amide bonds. The lowest BCUT2D eigenvalue weighted by atomic mass is 9.35. The van der Waals surface area contributed by atoms with E-state index in [1.807, 2.05) is 11.3 Å². The Kier molecular flexibility index (Phi) is 11.9. The monoisotopic (exact) mass is 1220 g/mol. The number of thiophene rings is 1. The summed E-state index contributed by atoms with van der Waals surface area (Å²) in [5.41, 5.74) is 24.0. The van der Waals surface area contributed by atoms with Crippen LogP contribution in [0.5, 0.6) is 0 Å². The minimum atomic E-state index is -0.412. The number of fused-ring (bicyclic) bond motifs is 10. The molecule has 4 aliphatic carbocycles. The highest BCUT2D eigenvalue weighted by Crippen LogP contribution is 2.58. The molecule has 9 aromatic rings. The van der Waals surface area contributed by atoms with Crippen LogP contribution < -0.4 is 30.4 Å². The lowest BCUT2D eigenvalue weighted by molar-refractivity contribution is 0.332. The zero-order valence-electron chi connectivity index (χ0n) is 63.0. The summed E-state index contributed by atoms with van der Waals surface area (Å²) in [6.07, 6.45) is 8.52. The molecule has 0 unspecified atom stereocenters. The van der Waals surface area contributed by atoms with Gasteiger partial charge >= 0.3 is 0 Å². The third-order valence-corrected chi connectivity index (χ3v) is 25.1. The van der Waals surface area contributed by atoms with Crippen LogP contribution in [0.4, 0.5) is 51.2 Å². The Morgan fingerprint density at radius 1 is 0.429 bits per heavy atom. The van der Waals surface area contributed by atoms with E-state index in [9.17, 15) is 5.48 Å². The maximum Gasteiger partial charge on any atom is 0.264 e. The standard InChI is InChI=1S/C86H98BN3S/c1-78(2,3)54-30-35-70(59(44-54)53-26-22-20-23-27-53)90-71-51-67-66(84(14,15)41-42-85(67,16)17)50-69(71)87-75-72(47-58(48-73(75)90)88(55-28-24-21-25-29-55)56-31-33-61-63(45-56)81(8,9)38-36-79(61,4)5)89(57-32-34-62-64(46-57)82(10,11)39-37-80(62,6)7)76-60-49-65-68(52-74(60)91-77(76)87)86(18,19)43-40-83(65,12)13/h20-35,44-52H,36-43H2,1-19H3/i21D,24D,25D,28D,29D. The van der Waals surface area contributed by atoms with E-state index in [4.69, 9.17) is 1.37 Å². The van der Waals surface area contributed by atoms with Gasteiger partial charge in [-0.3, -0.25) is 0 Å². The number of hydrogen-bond acceptors (Lipinski definition) is 4. The molecule has 0 bridgehead atoms. The van der Waals surface area contributed by atoms with Gasteiger partial charge in [0.1, 0.15) is 0 Å². The van der Waals surface area contributed by atoms with Crippen molar-refractivity contribution in [1.82, 2.24) is 0 Å². The molecular formula is C86H98BN3S. The highest BCUT2D eigenvalue weighted by molar-refractivity contribution is 7.33. The molecule has 466 valence electrons. The number of para-hydroxylation sites is 1. The van der Waals surface area contributed by atoms with Gasteiger partial charge in [0.15, 0.2) is 0 Å². The third-order valence-electron chi connectivity index (χ3n) is 23.9. The van der Waals surface area contributed by atoms with Gasteiger partial charge in [-0.25, -0.2) is 0 Å². The Labute approximate surface area is 557 Å². The van der Waals surface area contributed by atoms with Crippen LogP contribution in [0.2, 0.25) is 0 Å². The Hall–Kier alpha value is -6.82. The Bertz CT molecular complexity index is 4770. The zero-order chi connectivity index (χ0) is 68.6. The van der Waals surface area contributed by atoms with E-state index in [0.29, 0.717) is 5.69 Å². The molecule has 6 aliphatic rings. The highest BCUT2D eigenvalue weighted by atomic mass is 32.1. The van der Waals surface area contributed by atoms with Gasteiger partial charge in [0.2, 0.25) is 0 Å². The Morgan fingerprint density at radius 2 is 0.923 bits per heavy atom. The van der Waals surface area contributed by atoms with Crippen molar-refractivity contribution in [1.29, 1.82) is 0 Å². The predicted octanol–water partition coefficient (Wildman–Crippen LogP) is 22.8. The molecule has 8 aromatic carbocycles. The van der Waals surface area contributed by atoms with Crippen molar-refractivity contribution in [3.63, 3.8) is 0 Å². The van der Waals surface area contributed by atoms with Crippen LogP contribution in [0, 0.1) is 0 Å². The molecule has 15 rings (SSSR count). The van der Waals surface area contributed by atoms with Gasteiger partial charge in [-0.1, -0.05) is 204 Å². The van der Waals surface area contributed by atoms with Gasteiger partial charge in [-0.05, 0) is 245 Å². The Morgan fingerprint density at radius 3 is 1.49 bits per heavy atom. The van der Waals surface area contributed by atoms with E-state index in [2.05, 4.69) is 268 Å². The maximum atomic E-state index is 10.1. The van der Waals surface area contributed by atoms with Crippen molar-refractivity contribution < 1.29 is 6.85 Å². The number of rotatable bonds is 6. The summed E-state index contributed by atoms with van der Waals surface area (Å²) < 4.78 is 51.0. The van der Waals surface area contributed by atoms with Crippen molar-refractivity contribution in [2.45, 2.75) is 232 Å². The minimum Gasteiger partial charge on any atom is -0.311 e. The zero-order valence-corrected chi connectivity index (χ0v) is 58.8. The lowest BCUT2D eigenvalue weighted by Crippen LogP contribution is -2.61. The van der Waals surface area contributed by atoms with Crippen LogP contribution in [0.1, 0.15) is 240 Å². The van der Waals surface area contributed by atoms with Crippen molar-refractivity contribution >= 4 is 95.0 Å². The molecule has 0 saturated carbocycles. The van der Waals surface area contributed by atoms with Gasteiger partial charge in [0, 0.05) is 54.6 Å². The van der Waals surface area contributed by atoms with Crippen molar-refractivity contribution in [3.8, 4) is 11.1 Å². The van der Waals surface area contributed by atoms with E-state index in [-0.39, 0.29) is 85.3 Å². The number of benzene rings is 8. The molecule has 0 N–H and O–H groups in total. The SMILES string of the molecule is [2H]c1c([2H])c([2H])c(N(c2cc3c4c(c2)N(c2ccc5c(c2)C(C)(C)CCC5(C)C)c2c(sc5cc6c(cc25)C(C)(C)CCC6(C)C)B4c2cc4c(cc2N3c2ccc(C(C)(C)C)cc2-c2ccccc2)C(C)(C)CCC4(C)C)c2ccc3c(c2)C(C)(C)CCC3(C)C)c([2H])c1[2H]. The van der Waals surface area contributed by atoms with Gasteiger partial charge < -0.3 is 14.7 Å². The summed E-state index contributed by atoms with van der Waals surface area (Å²) in [5, 5.41) is 1.25. The van der Waals surface area contributed by atoms with Crippen molar-refractivity contribution in [2.24, 2.45) is 0 Å². The predicted molar refractivity (Wildman–Crippen MR) is 396 cm³/mol. The first-order valence-electron chi connectivity index (χ1n) is 36.7. The van der Waals surface area contributed by atoms with E-state index < -0.39 is 6.04 Å². The van der Waals surface area contributed by atoms with Gasteiger partial charge in [0.05, 0.1) is 23.9 Å². The summed E-state index contributed by atoms with van der Waals surface area (Å²) in [4.78, 5) is 7.31. The molecule has 1 aromatic heterocycles. The average molecular weight is 1220 g/mol. The Balaban J connectivity index is 1.17. The summed E-state index contributed by atoms with van der Waals surface area (Å²) in [6.45, 7) is 45.4. The third kappa shape index (κ3) is 9.35. The first-order chi connectivity index (χ1) is 44.7. The van der Waals surface area contributed by atoms with Crippen LogP contribution in [0.3, 0.4) is 0 Å². The van der Waals surface area contributed by atoms with Gasteiger partial charge in [0.25, 0.3) is 6.71 Å². The number of hydrogen-bond donors (Lipinski definition) is 0. The smallest absolute Gasteiger partial charge is 0.264 e. The molecule has 3 nitrogen and oxygen atoms in total. The summed E-state index contributed by atoms with van der Waals surface area (Å²) in [7, 11) is 0. The van der Waals surface area contributed by atoms with E-state index in [1.54, 1.807) is 0 Å². The second kappa shape index (κ2) is 19.9. The molecular weight excluding hydrogens is 1120 g/mol. The van der Waals surface area contributed by atoms with Crippen LogP contribution in [0.25, 0.3) is 21.2 Å². The topological polar surface area (TPSA) is 9.72 Å². The largest absolute Gasteiger partial charge is 0.311 e. The fourth-order valence-electron chi connectivity index (χ4n) is 17.5. The van der Waals surface area contributed by atoms with E-state index >= 15 is 0 Å². The van der Waals surface area contributed by atoms with Gasteiger partial charge in [-0.2, -0.15) is 0 Å². The first-order valence-corrected chi connectivity index (χ1v) is 35.0. The summed E-state index contributed by atoms with van der Waals surface area (Å²) in [5.74, 6) is 0. The molecule has 2 aliphatic heterocycles. The van der Waals surface area contributed by atoms with Crippen LogP contribution in [-0.2, 0) is 48.7 Å². The fourth-order valence-corrected chi connectivity index (χ4v) is 18.8. The quantitative estimate of drug-likeness (QED) is 0.154. The fraction of sp³-hybridized carbons (Fsp3) is 0.419. The average Bonchev–Trinajstić information content (AvgIpc) is 1.22. The van der Waals surface area contributed by atoms with Crippen LogP contribution in [-0.4, -0.2) is 6.71 Å². The normalized spacial score (nSPS) is 21.1. The minimum absolute atomic E-state index is 0.0198. The van der Waals surface area contributed by atoms with E-state index in [1.165, 1.54) is 81.5 Å². The molecule has 0 saturated heterocycles. The van der Waals surface area contributed by atoms with Gasteiger partial charge in [-0.15, -0.1) is 11.3 Å². The molecule has 0 radical (unpaired) electrons. The van der Waals surface area contributed by atoms with Crippen molar-refractivity contribution in [3.05, 3.63) is 202 Å². The highest BCUT2D eigenvalue weighted by Gasteiger charge is 2.50. The van der Waals surface area contributed by atoms with Crippen LogP contribution >= 0.6 is 11.3 Å².